The maximum atomic E-state index is 9.82. The molecule has 0 radical (unpaired) electrons. The van der Waals surface area contributed by atoms with Crippen LogP contribution < -0.4 is 16.8 Å². The summed E-state index contributed by atoms with van der Waals surface area (Å²) in [5, 5.41) is 2.75. The van der Waals surface area contributed by atoms with Crippen molar-refractivity contribution in [2.45, 2.75) is 13.8 Å². The highest BCUT2D eigenvalue weighted by atomic mass is 16.1. The lowest BCUT2D eigenvalue weighted by molar-refractivity contribution is -0.115. The van der Waals surface area contributed by atoms with Crippen LogP contribution in [0.4, 0.5) is 0 Å². The standard InChI is InChI=1S/2C4H7NO.C2H7N/c2*1-3(2)4(5)6;1-3-2/h2*1H2,2H3,(H2,5,6);3H,1-2H3. The molecule has 5 nitrogen and oxygen atoms in total. The van der Waals surface area contributed by atoms with Crippen molar-refractivity contribution in [1.29, 1.82) is 0 Å². The second-order valence-electron chi connectivity index (χ2n) is 2.79. The van der Waals surface area contributed by atoms with E-state index in [9.17, 15) is 9.59 Å². The van der Waals surface area contributed by atoms with Crippen LogP contribution in [-0.2, 0) is 9.59 Å². The minimum absolute atomic E-state index is 0.398. The molecule has 15 heavy (non-hydrogen) atoms. The molecular weight excluding hydrogens is 194 g/mol. The van der Waals surface area contributed by atoms with Crippen molar-refractivity contribution in [1.82, 2.24) is 5.32 Å². The normalized spacial score (nSPS) is 7.20. The molecule has 0 unspecified atom stereocenters. The summed E-state index contributed by atoms with van der Waals surface area (Å²) < 4.78 is 0. The third kappa shape index (κ3) is 32.8. The van der Waals surface area contributed by atoms with E-state index >= 15 is 0 Å². The molecule has 0 aliphatic heterocycles. The topological polar surface area (TPSA) is 98.2 Å². The Morgan fingerprint density at radius 2 is 1.00 bits per heavy atom. The lowest BCUT2D eigenvalue weighted by Gasteiger charge is -1.81. The van der Waals surface area contributed by atoms with Gasteiger partial charge in [-0.15, -0.1) is 0 Å². The minimum atomic E-state index is -0.435. The van der Waals surface area contributed by atoms with Gasteiger partial charge in [0.2, 0.25) is 11.8 Å². The zero-order valence-corrected chi connectivity index (χ0v) is 9.89. The average Bonchev–Trinajstić information content (AvgIpc) is 2.06. The molecule has 88 valence electrons. The highest BCUT2D eigenvalue weighted by Gasteiger charge is 1.87. The van der Waals surface area contributed by atoms with Crippen LogP contribution in [0, 0.1) is 0 Å². The van der Waals surface area contributed by atoms with E-state index in [4.69, 9.17) is 11.5 Å². The lowest BCUT2D eigenvalue weighted by atomic mass is 10.3. The van der Waals surface area contributed by atoms with Crippen LogP contribution in [0.5, 0.6) is 0 Å². The van der Waals surface area contributed by atoms with Crippen molar-refractivity contribution in [3.63, 3.8) is 0 Å². The third-order valence-corrected chi connectivity index (χ3v) is 0.841. The largest absolute Gasteiger partial charge is 0.366 e. The molecule has 0 aliphatic carbocycles. The van der Waals surface area contributed by atoms with E-state index in [-0.39, 0.29) is 0 Å². The number of rotatable bonds is 2. The summed E-state index contributed by atoms with van der Waals surface area (Å²) in [4.78, 5) is 19.6. The molecule has 0 aromatic rings. The molecule has 0 atom stereocenters. The number of nitrogens with one attached hydrogen (secondary N) is 1. The van der Waals surface area contributed by atoms with Crippen molar-refractivity contribution < 1.29 is 9.59 Å². The Kier molecular flexibility index (Phi) is 15.7. The van der Waals surface area contributed by atoms with Gasteiger partial charge in [0.05, 0.1) is 0 Å². The van der Waals surface area contributed by atoms with Crippen LogP contribution in [0.25, 0.3) is 0 Å². The molecule has 0 saturated heterocycles. The summed E-state index contributed by atoms with van der Waals surface area (Å²) in [5.41, 5.74) is 10.2. The van der Waals surface area contributed by atoms with Gasteiger partial charge in [-0.1, -0.05) is 13.2 Å². The van der Waals surface area contributed by atoms with Crippen LogP contribution in [0.2, 0.25) is 0 Å². The van der Waals surface area contributed by atoms with Crippen molar-refractivity contribution >= 4 is 11.8 Å². The Morgan fingerprint density at radius 1 is 0.933 bits per heavy atom. The van der Waals surface area contributed by atoms with Crippen molar-refractivity contribution in [3.05, 3.63) is 24.3 Å². The van der Waals surface area contributed by atoms with Crippen LogP contribution in [0.15, 0.2) is 24.3 Å². The van der Waals surface area contributed by atoms with E-state index in [2.05, 4.69) is 18.5 Å². The van der Waals surface area contributed by atoms with E-state index in [0.717, 1.165) is 0 Å². The zero-order valence-electron chi connectivity index (χ0n) is 9.89. The second-order valence-corrected chi connectivity index (χ2v) is 2.79. The van der Waals surface area contributed by atoms with E-state index in [1.807, 2.05) is 14.1 Å². The molecule has 0 aromatic heterocycles. The number of amides is 2. The predicted octanol–water partition coefficient (Wildman–Crippen LogP) is -0.0688. The summed E-state index contributed by atoms with van der Waals surface area (Å²) in [6.45, 7) is 9.70. The number of carbonyl (C=O) groups excluding carboxylic acids is 2. The van der Waals surface area contributed by atoms with E-state index in [1.165, 1.54) is 0 Å². The number of primary amides is 2. The highest BCUT2D eigenvalue weighted by Crippen LogP contribution is 1.78. The first-order valence-electron chi connectivity index (χ1n) is 4.19. The first kappa shape index (κ1) is 19.0. The maximum absolute atomic E-state index is 9.82. The molecule has 0 bridgehead atoms. The van der Waals surface area contributed by atoms with Gasteiger partial charge in [-0.3, -0.25) is 9.59 Å². The van der Waals surface area contributed by atoms with Crippen LogP contribution >= 0.6 is 0 Å². The van der Waals surface area contributed by atoms with Crippen LogP contribution in [-0.4, -0.2) is 25.9 Å². The molecule has 0 spiro atoms. The SMILES string of the molecule is C=C(C)C(N)=O.C=C(C)C(N)=O.CNC. The van der Waals surface area contributed by atoms with Gasteiger partial charge >= 0.3 is 0 Å². The van der Waals surface area contributed by atoms with Gasteiger partial charge in [0.1, 0.15) is 0 Å². The molecule has 2 amide bonds. The summed E-state index contributed by atoms with van der Waals surface area (Å²) in [5.74, 6) is -0.870. The zero-order chi connectivity index (χ0) is 13.0. The highest BCUT2D eigenvalue weighted by molar-refractivity contribution is 5.90. The Balaban J connectivity index is -0.000000153. The van der Waals surface area contributed by atoms with Gasteiger partial charge in [0.15, 0.2) is 0 Å². The molecule has 5 heteroatoms. The second kappa shape index (κ2) is 12.4. The number of nitrogens with two attached hydrogens (primary N) is 2. The molecular formula is C10H21N3O2. The van der Waals surface area contributed by atoms with Crippen molar-refractivity contribution in [2.75, 3.05) is 14.1 Å². The smallest absolute Gasteiger partial charge is 0.243 e. The van der Waals surface area contributed by atoms with Gasteiger partial charge in [0.25, 0.3) is 0 Å². The first-order chi connectivity index (χ1) is 6.70. The van der Waals surface area contributed by atoms with Gasteiger partial charge in [0, 0.05) is 11.1 Å². The van der Waals surface area contributed by atoms with Gasteiger partial charge in [-0.05, 0) is 27.9 Å². The molecule has 0 rings (SSSR count). The molecule has 0 aromatic carbocycles. The number of hydrogen-bond donors (Lipinski definition) is 3. The van der Waals surface area contributed by atoms with Crippen LogP contribution in [0.3, 0.4) is 0 Å². The molecule has 0 aliphatic rings. The first-order valence-corrected chi connectivity index (χ1v) is 4.19. The Bertz CT molecular complexity index is 187. The van der Waals surface area contributed by atoms with Gasteiger partial charge < -0.3 is 16.8 Å². The lowest BCUT2D eigenvalue weighted by Crippen LogP contribution is -2.10. The quantitative estimate of drug-likeness (QED) is 0.562. The fourth-order valence-electron chi connectivity index (χ4n) is 0. The Labute approximate surface area is 91.2 Å². The summed E-state index contributed by atoms with van der Waals surface area (Å²) in [6.07, 6.45) is 0. The molecule has 5 N–H and O–H groups in total. The van der Waals surface area contributed by atoms with Gasteiger partial charge in [-0.25, -0.2) is 0 Å². The van der Waals surface area contributed by atoms with Crippen molar-refractivity contribution in [2.24, 2.45) is 11.5 Å². The monoisotopic (exact) mass is 215 g/mol. The fourth-order valence-corrected chi connectivity index (χ4v) is 0. The number of hydrogen-bond acceptors (Lipinski definition) is 3. The van der Waals surface area contributed by atoms with Gasteiger partial charge in [-0.2, -0.15) is 0 Å². The van der Waals surface area contributed by atoms with Crippen LogP contribution in [0.1, 0.15) is 13.8 Å². The summed E-state index contributed by atoms with van der Waals surface area (Å²) in [6, 6.07) is 0. The molecule has 0 saturated carbocycles. The summed E-state index contributed by atoms with van der Waals surface area (Å²) >= 11 is 0. The van der Waals surface area contributed by atoms with Crippen molar-refractivity contribution in [3.8, 4) is 0 Å². The molecule has 0 fully saturated rings. The van der Waals surface area contributed by atoms with E-state index in [1.54, 1.807) is 13.8 Å². The minimum Gasteiger partial charge on any atom is -0.366 e. The summed E-state index contributed by atoms with van der Waals surface area (Å²) in [7, 11) is 3.75. The Hall–Kier alpha value is -1.62. The third-order valence-electron chi connectivity index (χ3n) is 0.841. The van der Waals surface area contributed by atoms with E-state index in [0.29, 0.717) is 11.1 Å². The number of carbonyl (C=O) groups is 2. The molecule has 0 heterocycles. The Morgan fingerprint density at radius 3 is 1.00 bits per heavy atom. The fraction of sp³-hybridized carbons (Fsp3) is 0.400. The van der Waals surface area contributed by atoms with E-state index < -0.39 is 11.8 Å². The predicted molar refractivity (Wildman–Crippen MR) is 63.0 cm³/mol. The average molecular weight is 215 g/mol. The maximum Gasteiger partial charge on any atom is 0.243 e.